The van der Waals surface area contributed by atoms with Gasteiger partial charge in [-0.05, 0) is 74.8 Å². The fraction of sp³-hybridized carbons (Fsp3) is 0.500. The van der Waals surface area contributed by atoms with E-state index in [1.807, 2.05) is 6.20 Å². The maximum atomic E-state index is 11.1. The second-order valence-electron chi connectivity index (χ2n) is 9.33. The lowest BCUT2D eigenvalue weighted by Crippen LogP contribution is -2.39. The number of aliphatic carboxylic acids is 1. The molecule has 1 saturated carbocycles. The monoisotopic (exact) mass is 448 g/mol. The van der Waals surface area contributed by atoms with Crippen LogP contribution in [-0.4, -0.2) is 51.3 Å². The molecule has 0 unspecified atom stereocenters. The van der Waals surface area contributed by atoms with Crippen LogP contribution in [0.5, 0.6) is 0 Å². The molecule has 33 heavy (non-hydrogen) atoms. The van der Waals surface area contributed by atoms with Crippen molar-refractivity contribution in [3.63, 3.8) is 0 Å². The van der Waals surface area contributed by atoms with E-state index in [-0.39, 0.29) is 18.1 Å². The van der Waals surface area contributed by atoms with Gasteiger partial charge in [-0.2, -0.15) is 0 Å². The maximum Gasteiger partial charge on any atom is 0.306 e. The van der Waals surface area contributed by atoms with Gasteiger partial charge < -0.3 is 19.7 Å². The number of aromatic nitrogens is 3. The third-order valence-corrected chi connectivity index (χ3v) is 7.15. The Labute approximate surface area is 194 Å². The molecule has 3 aromatic rings. The van der Waals surface area contributed by atoms with Gasteiger partial charge in [0.15, 0.2) is 0 Å². The molecule has 7 nitrogen and oxygen atoms in total. The van der Waals surface area contributed by atoms with E-state index in [1.165, 1.54) is 5.56 Å². The number of rotatable bonds is 6. The normalized spacial score (nSPS) is 22.0. The molecule has 0 amide bonds. The van der Waals surface area contributed by atoms with Crippen molar-refractivity contribution >= 4 is 22.8 Å². The molecule has 174 valence electrons. The minimum atomic E-state index is -0.661. The number of nitrogens with one attached hydrogen (secondary N) is 1. The number of hydrogen-bond acceptors (Lipinski definition) is 5. The molecule has 3 heterocycles. The number of aryl methyl sites for hydroxylation is 1. The van der Waals surface area contributed by atoms with Crippen LogP contribution in [0.4, 0.5) is 5.82 Å². The second-order valence-corrected chi connectivity index (χ2v) is 9.33. The zero-order valence-corrected chi connectivity index (χ0v) is 19.2. The van der Waals surface area contributed by atoms with Crippen LogP contribution in [0, 0.1) is 5.92 Å². The number of fused-ring (bicyclic) bond motifs is 1. The molecule has 1 aliphatic heterocycles. The summed E-state index contributed by atoms with van der Waals surface area (Å²) in [6, 6.07) is 10.5. The number of ether oxygens (including phenoxy) is 1. The summed E-state index contributed by atoms with van der Waals surface area (Å²) >= 11 is 0. The van der Waals surface area contributed by atoms with Gasteiger partial charge in [0.1, 0.15) is 11.6 Å². The maximum absolute atomic E-state index is 11.1. The fourth-order valence-electron chi connectivity index (χ4n) is 5.07. The van der Waals surface area contributed by atoms with Crippen molar-refractivity contribution in [2.24, 2.45) is 5.92 Å². The predicted molar refractivity (Wildman–Crippen MR) is 128 cm³/mol. The highest BCUT2D eigenvalue weighted by molar-refractivity contribution is 5.80. The molecule has 1 aromatic carbocycles. The average molecular weight is 449 g/mol. The van der Waals surface area contributed by atoms with Gasteiger partial charge in [-0.1, -0.05) is 13.0 Å². The van der Waals surface area contributed by atoms with Crippen molar-refractivity contribution in [2.45, 2.75) is 64.1 Å². The number of pyridine rings is 1. The number of H-pyrrole nitrogens is 1. The van der Waals surface area contributed by atoms with Crippen molar-refractivity contribution in [1.29, 1.82) is 0 Å². The number of hydrogen-bond donors (Lipinski definition) is 2. The first-order valence-electron chi connectivity index (χ1n) is 12.2. The second kappa shape index (κ2) is 9.51. The summed E-state index contributed by atoms with van der Waals surface area (Å²) in [7, 11) is 0. The average Bonchev–Trinajstić information content (AvgIpc) is 3.28. The van der Waals surface area contributed by atoms with Crippen molar-refractivity contribution in [1.82, 2.24) is 15.0 Å². The van der Waals surface area contributed by atoms with Crippen LogP contribution in [0.25, 0.3) is 22.4 Å². The van der Waals surface area contributed by atoms with Crippen LogP contribution in [0.2, 0.25) is 0 Å². The lowest BCUT2D eigenvalue weighted by molar-refractivity contribution is -0.144. The van der Waals surface area contributed by atoms with Crippen molar-refractivity contribution in [2.75, 3.05) is 18.0 Å². The molecule has 2 fully saturated rings. The number of carboxylic acid groups (broad SMARTS) is 1. The van der Waals surface area contributed by atoms with Crippen LogP contribution >= 0.6 is 0 Å². The molecule has 0 radical (unpaired) electrons. The summed E-state index contributed by atoms with van der Waals surface area (Å²) in [4.78, 5) is 26.3. The molecule has 0 atom stereocenters. The summed E-state index contributed by atoms with van der Waals surface area (Å²) < 4.78 is 6.31. The van der Waals surface area contributed by atoms with Gasteiger partial charge in [0.2, 0.25) is 0 Å². The van der Waals surface area contributed by atoms with Crippen molar-refractivity contribution < 1.29 is 14.6 Å². The molecule has 1 saturated heterocycles. The summed E-state index contributed by atoms with van der Waals surface area (Å²) in [5, 5.41) is 9.16. The molecular weight excluding hydrogens is 416 g/mol. The number of benzene rings is 1. The topological polar surface area (TPSA) is 91.3 Å². The summed E-state index contributed by atoms with van der Waals surface area (Å²) in [6.45, 7) is 4.00. The Hall–Kier alpha value is -2.93. The molecule has 7 heteroatoms. The number of nitrogens with zero attached hydrogens (tertiary/aromatic N) is 3. The molecule has 0 bridgehead atoms. The third-order valence-electron chi connectivity index (χ3n) is 7.15. The van der Waals surface area contributed by atoms with E-state index in [4.69, 9.17) is 19.8 Å². The van der Waals surface area contributed by atoms with E-state index in [9.17, 15) is 4.79 Å². The lowest BCUT2D eigenvalue weighted by atomic mass is 9.87. The number of carboxylic acids is 1. The van der Waals surface area contributed by atoms with Crippen molar-refractivity contribution in [3.8, 4) is 11.4 Å². The largest absolute Gasteiger partial charge is 0.481 e. The smallest absolute Gasteiger partial charge is 0.306 e. The molecular formula is C26H32N4O3. The Kier molecular flexibility index (Phi) is 6.31. The number of anilines is 1. The summed E-state index contributed by atoms with van der Waals surface area (Å²) in [5.41, 5.74) is 4.33. The number of imidazole rings is 1. The van der Waals surface area contributed by atoms with Crippen LogP contribution in [-0.2, 0) is 16.0 Å². The highest BCUT2D eigenvalue weighted by Crippen LogP contribution is 2.30. The predicted octanol–water partition coefficient (Wildman–Crippen LogP) is 4.82. The fourth-order valence-corrected chi connectivity index (χ4v) is 5.07. The first kappa shape index (κ1) is 21.9. The first-order chi connectivity index (χ1) is 16.1. The van der Waals surface area contributed by atoms with Crippen LogP contribution in [0.15, 0.2) is 36.5 Å². The SMILES string of the molecule is CCc1ccc2nc(-c3ccc(N4CCC(OC5CCC(C(=O)O)CC5)CC4)nc3)[nH]c2c1. The molecule has 2 aliphatic rings. The van der Waals surface area contributed by atoms with E-state index >= 15 is 0 Å². The van der Waals surface area contributed by atoms with Gasteiger partial charge in [-0.3, -0.25) is 4.79 Å². The van der Waals surface area contributed by atoms with Gasteiger partial charge in [-0.25, -0.2) is 9.97 Å². The Morgan fingerprint density at radius 3 is 2.52 bits per heavy atom. The molecule has 0 spiro atoms. The molecule has 2 aromatic heterocycles. The van der Waals surface area contributed by atoms with E-state index in [0.717, 1.165) is 86.3 Å². The molecule has 1 aliphatic carbocycles. The van der Waals surface area contributed by atoms with E-state index in [0.29, 0.717) is 0 Å². The van der Waals surface area contributed by atoms with E-state index in [2.05, 4.69) is 47.1 Å². The van der Waals surface area contributed by atoms with Gasteiger partial charge in [0.25, 0.3) is 0 Å². The summed E-state index contributed by atoms with van der Waals surface area (Å²) in [5.74, 6) is 0.992. The van der Waals surface area contributed by atoms with Gasteiger partial charge >= 0.3 is 5.97 Å². The standard InChI is InChI=1S/C26H32N4O3/c1-2-17-3-9-22-23(15-17)29-25(28-22)19-6-10-24(27-16-19)30-13-11-21(12-14-30)33-20-7-4-18(5-8-20)26(31)32/h3,6,9-10,15-16,18,20-21H,2,4-5,7-8,11-14H2,1H3,(H,28,29)(H,31,32). The van der Waals surface area contributed by atoms with Crippen LogP contribution in [0.3, 0.4) is 0 Å². The van der Waals surface area contributed by atoms with E-state index < -0.39 is 5.97 Å². The minimum Gasteiger partial charge on any atom is -0.481 e. The van der Waals surface area contributed by atoms with Gasteiger partial charge in [-0.15, -0.1) is 0 Å². The molecule has 2 N–H and O–H groups in total. The zero-order chi connectivity index (χ0) is 22.8. The van der Waals surface area contributed by atoms with Crippen LogP contribution in [0.1, 0.15) is 51.0 Å². The summed E-state index contributed by atoms with van der Waals surface area (Å²) in [6.07, 6.45) is 8.54. The highest BCUT2D eigenvalue weighted by atomic mass is 16.5. The lowest BCUT2D eigenvalue weighted by Gasteiger charge is -2.36. The van der Waals surface area contributed by atoms with Crippen molar-refractivity contribution in [3.05, 3.63) is 42.1 Å². The zero-order valence-electron chi connectivity index (χ0n) is 19.2. The van der Waals surface area contributed by atoms with Crippen LogP contribution < -0.4 is 4.90 Å². The third kappa shape index (κ3) is 4.88. The Morgan fingerprint density at radius 1 is 1.09 bits per heavy atom. The highest BCUT2D eigenvalue weighted by Gasteiger charge is 2.29. The Balaban J connectivity index is 1.15. The Bertz CT molecular complexity index is 1090. The van der Waals surface area contributed by atoms with E-state index in [1.54, 1.807) is 0 Å². The first-order valence-corrected chi connectivity index (χ1v) is 12.2. The van der Waals surface area contributed by atoms with Gasteiger partial charge in [0, 0.05) is 24.8 Å². The van der Waals surface area contributed by atoms with Gasteiger partial charge in [0.05, 0.1) is 29.2 Å². The molecule has 5 rings (SSSR count). The number of piperidine rings is 1. The minimum absolute atomic E-state index is 0.186. The number of carbonyl (C=O) groups is 1. The number of aromatic amines is 1. The quantitative estimate of drug-likeness (QED) is 0.562. The Morgan fingerprint density at radius 2 is 1.85 bits per heavy atom.